The molecule has 0 aromatic carbocycles. The van der Waals surface area contributed by atoms with Crippen LogP contribution >= 0.6 is 12.2 Å². The summed E-state index contributed by atoms with van der Waals surface area (Å²) in [7, 11) is 0. The largest absolute Gasteiger partial charge is 0.389 e. The highest BCUT2D eigenvalue weighted by Crippen LogP contribution is 2.06. The summed E-state index contributed by atoms with van der Waals surface area (Å²) in [4.78, 5) is 12.0. The molecule has 0 aliphatic carbocycles. The van der Waals surface area contributed by atoms with Gasteiger partial charge >= 0.3 is 0 Å². The molecule has 0 bridgehead atoms. The van der Waals surface area contributed by atoms with Crippen molar-refractivity contribution < 1.29 is 4.74 Å². The average Bonchev–Trinajstić information content (AvgIpc) is 2.18. The fourth-order valence-corrected chi connectivity index (χ4v) is 1.51. The SMILES string of the molecule is CC(C)(C)OCCn1cccc(C(N)=S)c1=O. The van der Waals surface area contributed by atoms with Gasteiger partial charge in [-0.25, -0.2) is 0 Å². The van der Waals surface area contributed by atoms with Gasteiger partial charge in [-0.05, 0) is 32.9 Å². The highest BCUT2D eigenvalue weighted by atomic mass is 32.1. The summed E-state index contributed by atoms with van der Waals surface area (Å²) in [6.45, 7) is 6.89. The van der Waals surface area contributed by atoms with Gasteiger partial charge in [-0.2, -0.15) is 0 Å². The summed E-state index contributed by atoms with van der Waals surface area (Å²) in [6.07, 6.45) is 1.70. The molecule has 0 aliphatic heterocycles. The lowest BCUT2D eigenvalue weighted by Crippen LogP contribution is -2.30. The Morgan fingerprint density at radius 1 is 1.53 bits per heavy atom. The molecule has 0 atom stereocenters. The molecule has 0 amide bonds. The Labute approximate surface area is 106 Å². The van der Waals surface area contributed by atoms with Crippen LogP contribution in [0, 0.1) is 0 Å². The van der Waals surface area contributed by atoms with E-state index in [0.717, 1.165) is 0 Å². The second kappa shape index (κ2) is 5.42. The van der Waals surface area contributed by atoms with Crippen LogP contribution in [0.25, 0.3) is 0 Å². The second-order valence-corrected chi connectivity index (χ2v) is 5.19. The van der Waals surface area contributed by atoms with Crippen molar-refractivity contribution in [3.8, 4) is 0 Å². The average molecular weight is 254 g/mol. The molecule has 0 saturated heterocycles. The number of ether oxygens (including phenoxy) is 1. The smallest absolute Gasteiger partial charge is 0.260 e. The molecule has 5 heteroatoms. The van der Waals surface area contributed by atoms with Gasteiger partial charge in [0.2, 0.25) is 0 Å². The molecule has 17 heavy (non-hydrogen) atoms. The number of hydrogen-bond acceptors (Lipinski definition) is 3. The van der Waals surface area contributed by atoms with E-state index in [0.29, 0.717) is 18.7 Å². The third kappa shape index (κ3) is 4.28. The molecule has 0 unspecified atom stereocenters. The first-order chi connectivity index (χ1) is 7.81. The molecule has 1 rings (SSSR count). The van der Waals surface area contributed by atoms with Crippen LogP contribution in [0.4, 0.5) is 0 Å². The Hall–Kier alpha value is -1.20. The lowest BCUT2D eigenvalue weighted by molar-refractivity contribution is -0.00713. The van der Waals surface area contributed by atoms with Crippen molar-refractivity contribution in [1.82, 2.24) is 4.57 Å². The molecular weight excluding hydrogens is 236 g/mol. The molecule has 0 saturated carbocycles. The number of nitrogens with zero attached hydrogens (tertiary/aromatic N) is 1. The van der Waals surface area contributed by atoms with E-state index in [4.69, 9.17) is 22.7 Å². The Morgan fingerprint density at radius 2 is 2.18 bits per heavy atom. The van der Waals surface area contributed by atoms with Crippen LogP contribution in [0.5, 0.6) is 0 Å². The number of hydrogen-bond donors (Lipinski definition) is 1. The predicted octanol–water partition coefficient (Wildman–Crippen LogP) is 1.30. The molecular formula is C12H18N2O2S. The van der Waals surface area contributed by atoms with Gasteiger partial charge in [-0.15, -0.1) is 0 Å². The molecule has 0 fully saturated rings. The molecule has 0 spiro atoms. The monoisotopic (exact) mass is 254 g/mol. The predicted molar refractivity (Wildman–Crippen MR) is 72.3 cm³/mol. The van der Waals surface area contributed by atoms with E-state index in [9.17, 15) is 4.79 Å². The van der Waals surface area contributed by atoms with Crippen molar-refractivity contribution in [3.05, 3.63) is 34.2 Å². The molecule has 94 valence electrons. The van der Waals surface area contributed by atoms with Gasteiger partial charge in [0.25, 0.3) is 5.56 Å². The number of rotatable bonds is 4. The van der Waals surface area contributed by atoms with Crippen LogP contribution in [-0.4, -0.2) is 21.8 Å². The van der Waals surface area contributed by atoms with Crippen molar-refractivity contribution in [2.75, 3.05) is 6.61 Å². The summed E-state index contributed by atoms with van der Waals surface area (Å²) in [5, 5.41) is 0. The lowest BCUT2D eigenvalue weighted by Gasteiger charge is -2.19. The Balaban J connectivity index is 2.76. The van der Waals surface area contributed by atoms with Gasteiger partial charge < -0.3 is 15.0 Å². The van der Waals surface area contributed by atoms with Crippen LogP contribution in [-0.2, 0) is 11.3 Å². The summed E-state index contributed by atoms with van der Waals surface area (Å²) in [5.41, 5.74) is 5.47. The zero-order chi connectivity index (χ0) is 13.1. The highest BCUT2D eigenvalue weighted by Gasteiger charge is 2.10. The standard InChI is InChI=1S/C12H18N2O2S/c1-12(2,3)16-8-7-14-6-4-5-9(10(13)17)11(14)15/h4-6H,7-8H2,1-3H3,(H2,13,17). The van der Waals surface area contributed by atoms with Gasteiger partial charge in [0.1, 0.15) is 4.99 Å². The summed E-state index contributed by atoms with van der Waals surface area (Å²) >= 11 is 4.81. The maximum absolute atomic E-state index is 11.9. The zero-order valence-electron chi connectivity index (χ0n) is 10.4. The van der Waals surface area contributed by atoms with Gasteiger partial charge in [0, 0.05) is 12.7 Å². The van der Waals surface area contributed by atoms with E-state index in [-0.39, 0.29) is 16.1 Å². The minimum Gasteiger partial charge on any atom is -0.389 e. The topological polar surface area (TPSA) is 57.2 Å². The van der Waals surface area contributed by atoms with Crippen molar-refractivity contribution in [3.63, 3.8) is 0 Å². The van der Waals surface area contributed by atoms with E-state index < -0.39 is 0 Å². The van der Waals surface area contributed by atoms with Gasteiger partial charge in [-0.3, -0.25) is 4.79 Å². The van der Waals surface area contributed by atoms with Crippen LogP contribution < -0.4 is 11.3 Å². The number of nitrogens with two attached hydrogens (primary N) is 1. The summed E-state index contributed by atoms with van der Waals surface area (Å²) in [6, 6.07) is 3.39. The van der Waals surface area contributed by atoms with Gasteiger partial charge in [-0.1, -0.05) is 12.2 Å². The summed E-state index contributed by atoms with van der Waals surface area (Å²) in [5.74, 6) is 0. The lowest BCUT2D eigenvalue weighted by atomic mass is 10.2. The number of pyridine rings is 1. The Kier molecular flexibility index (Phi) is 4.42. The van der Waals surface area contributed by atoms with Crippen LogP contribution in [0.15, 0.2) is 23.1 Å². The maximum Gasteiger partial charge on any atom is 0.260 e. The van der Waals surface area contributed by atoms with E-state index in [2.05, 4.69) is 0 Å². The van der Waals surface area contributed by atoms with Crippen LogP contribution in [0.2, 0.25) is 0 Å². The first kappa shape index (κ1) is 13.9. The van der Waals surface area contributed by atoms with Crippen molar-refractivity contribution in [2.24, 2.45) is 5.73 Å². The number of aromatic nitrogens is 1. The highest BCUT2D eigenvalue weighted by molar-refractivity contribution is 7.80. The van der Waals surface area contributed by atoms with Crippen LogP contribution in [0.1, 0.15) is 26.3 Å². The van der Waals surface area contributed by atoms with Crippen molar-refractivity contribution >= 4 is 17.2 Å². The first-order valence-corrected chi connectivity index (χ1v) is 5.85. The minimum atomic E-state index is -0.204. The quantitative estimate of drug-likeness (QED) is 0.823. The third-order valence-electron chi connectivity index (χ3n) is 2.15. The molecule has 1 aromatic rings. The molecule has 2 N–H and O–H groups in total. The third-order valence-corrected chi connectivity index (χ3v) is 2.37. The first-order valence-electron chi connectivity index (χ1n) is 5.44. The molecule has 1 heterocycles. The van der Waals surface area contributed by atoms with Gasteiger partial charge in [0.15, 0.2) is 0 Å². The van der Waals surface area contributed by atoms with E-state index in [1.54, 1.807) is 22.9 Å². The van der Waals surface area contributed by atoms with Crippen LogP contribution in [0.3, 0.4) is 0 Å². The summed E-state index contributed by atoms with van der Waals surface area (Å²) < 4.78 is 7.12. The Bertz CT molecular complexity index is 460. The zero-order valence-corrected chi connectivity index (χ0v) is 11.2. The molecule has 1 aromatic heterocycles. The van der Waals surface area contributed by atoms with E-state index >= 15 is 0 Å². The van der Waals surface area contributed by atoms with Crippen molar-refractivity contribution in [1.29, 1.82) is 0 Å². The normalized spacial score (nSPS) is 11.5. The maximum atomic E-state index is 11.9. The van der Waals surface area contributed by atoms with E-state index in [1.165, 1.54) is 0 Å². The van der Waals surface area contributed by atoms with Crippen molar-refractivity contribution in [2.45, 2.75) is 32.9 Å². The second-order valence-electron chi connectivity index (χ2n) is 4.75. The molecule has 0 aliphatic rings. The van der Waals surface area contributed by atoms with E-state index in [1.807, 2.05) is 20.8 Å². The fraction of sp³-hybridized carbons (Fsp3) is 0.500. The number of thiocarbonyl (C=S) groups is 1. The molecule has 0 radical (unpaired) electrons. The fourth-order valence-electron chi connectivity index (χ4n) is 1.35. The Morgan fingerprint density at radius 3 is 2.71 bits per heavy atom. The van der Waals surface area contributed by atoms with Gasteiger partial charge in [0.05, 0.1) is 17.8 Å². The minimum absolute atomic E-state index is 0.126. The molecule has 4 nitrogen and oxygen atoms in total.